The van der Waals surface area contributed by atoms with E-state index in [0.29, 0.717) is 12.8 Å². The highest BCUT2D eigenvalue weighted by Gasteiger charge is 2.65. The van der Waals surface area contributed by atoms with Crippen molar-refractivity contribution in [3.63, 3.8) is 0 Å². The SMILES string of the molecule is C=C(C)C(=O)OCC1(C(O)CCC)OC1OC(=O)C(=C)C. The summed E-state index contributed by atoms with van der Waals surface area (Å²) in [5.74, 6) is -1.20. The molecule has 118 valence electrons. The summed E-state index contributed by atoms with van der Waals surface area (Å²) < 4.78 is 15.4. The van der Waals surface area contributed by atoms with E-state index in [1.807, 2.05) is 6.92 Å². The highest BCUT2D eigenvalue weighted by atomic mass is 16.8. The minimum absolute atomic E-state index is 0.200. The number of rotatable bonds is 8. The van der Waals surface area contributed by atoms with Gasteiger partial charge in [0.15, 0.2) is 5.60 Å². The lowest BCUT2D eigenvalue weighted by atomic mass is 9.99. The highest BCUT2D eigenvalue weighted by molar-refractivity contribution is 5.87. The molecule has 0 radical (unpaired) electrons. The van der Waals surface area contributed by atoms with E-state index in [1.165, 1.54) is 13.8 Å². The molecule has 6 nitrogen and oxygen atoms in total. The van der Waals surface area contributed by atoms with Crippen LogP contribution in [0.25, 0.3) is 0 Å². The Morgan fingerprint density at radius 1 is 1.29 bits per heavy atom. The van der Waals surface area contributed by atoms with Gasteiger partial charge in [0, 0.05) is 11.1 Å². The zero-order valence-electron chi connectivity index (χ0n) is 12.7. The van der Waals surface area contributed by atoms with E-state index >= 15 is 0 Å². The fourth-order valence-electron chi connectivity index (χ4n) is 1.74. The zero-order valence-corrected chi connectivity index (χ0v) is 12.7. The van der Waals surface area contributed by atoms with Crippen LogP contribution >= 0.6 is 0 Å². The molecule has 21 heavy (non-hydrogen) atoms. The maximum absolute atomic E-state index is 11.5. The largest absolute Gasteiger partial charge is 0.459 e. The van der Waals surface area contributed by atoms with Gasteiger partial charge in [-0.15, -0.1) is 0 Å². The fraction of sp³-hybridized carbons (Fsp3) is 0.600. The summed E-state index contributed by atoms with van der Waals surface area (Å²) in [6.07, 6.45) is -0.697. The number of aliphatic hydroxyl groups excluding tert-OH is 1. The second kappa shape index (κ2) is 6.87. The van der Waals surface area contributed by atoms with E-state index in [-0.39, 0.29) is 17.8 Å². The van der Waals surface area contributed by atoms with Crippen LogP contribution in [0.5, 0.6) is 0 Å². The average Bonchev–Trinajstić information content (AvgIpc) is 3.10. The molecule has 0 aromatic carbocycles. The Labute approximate surface area is 124 Å². The Morgan fingerprint density at radius 2 is 1.86 bits per heavy atom. The molecule has 3 atom stereocenters. The molecule has 1 fully saturated rings. The van der Waals surface area contributed by atoms with Crippen molar-refractivity contribution >= 4 is 11.9 Å². The summed E-state index contributed by atoms with van der Waals surface area (Å²) in [7, 11) is 0. The topological polar surface area (TPSA) is 85.4 Å². The molecule has 3 unspecified atom stereocenters. The van der Waals surface area contributed by atoms with Crippen molar-refractivity contribution in [3.05, 3.63) is 24.3 Å². The van der Waals surface area contributed by atoms with Crippen LogP contribution in [-0.2, 0) is 23.8 Å². The predicted octanol–water partition coefficient (Wildman–Crippen LogP) is 1.48. The summed E-state index contributed by atoms with van der Waals surface area (Å²) in [5.41, 5.74) is -0.735. The van der Waals surface area contributed by atoms with Crippen molar-refractivity contribution in [1.29, 1.82) is 0 Å². The minimum Gasteiger partial charge on any atom is -0.459 e. The molecule has 0 aromatic heterocycles. The Morgan fingerprint density at radius 3 is 2.33 bits per heavy atom. The van der Waals surface area contributed by atoms with Crippen LogP contribution < -0.4 is 0 Å². The first kappa shape index (κ1) is 17.4. The number of hydrogen-bond donors (Lipinski definition) is 1. The molecule has 0 bridgehead atoms. The van der Waals surface area contributed by atoms with Crippen LogP contribution in [0.4, 0.5) is 0 Å². The first-order valence-electron chi connectivity index (χ1n) is 6.79. The lowest BCUT2D eigenvalue weighted by molar-refractivity contribution is -0.144. The third-order valence-electron chi connectivity index (χ3n) is 3.13. The second-order valence-corrected chi connectivity index (χ2v) is 5.25. The van der Waals surface area contributed by atoms with E-state index in [4.69, 9.17) is 14.2 Å². The molecule has 1 heterocycles. The fourth-order valence-corrected chi connectivity index (χ4v) is 1.74. The average molecular weight is 298 g/mol. The smallest absolute Gasteiger partial charge is 0.335 e. The Hall–Kier alpha value is -1.66. The third-order valence-corrected chi connectivity index (χ3v) is 3.13. The van der Waals surface area contributed by atoms with Crippen LogP contribution in [-0.4, -0.2) is 41.6 Å². The van der Waals surface area contributed by atoms with E-state index < -0.39 is 29.9 Å². The molecule has 1 saturated heterocycles. The molecule has 0 spiro atoms. The summed E-state index contributed by atoms with van der Waals surface area (Å²) in [6.45, 7) is 11.7. The Balaban J connectivity index is 2.71. The van der Waals surface area contributed by atoms with Crippen LogP contribution in [0.2, 0.25) is 0 Å². The molecule has 1 rings (SSSR count). The maximum Gasteiger partial charge on any atom is 0.335 e. The number of aliphatic hydroxyl groups is 1. The van der Waals surface area contributed by atoms with Crippen molar-refractivity contribution in [2.45, 2.75) is 51.6 Å². The molecular weight excluding hydrogens is 276 g/mol. The van der Waals surface area contributed by atoms with Crippen LogP contribution in [0.1, 0.15) is 33.6 Å². The number of epoxide rings is 1. The van der Waals surface area contributed by atoms with Gasteiger partial charge in [-0.1, -0.05) is 26.5 Å². The maximum atomic E-state index is 11.5. The summed E-state index contributed by atoms with van der Waals surface area (Å²) in [6, 6.07) is 0. The van der Waals surface area contributed by atoms with Gasteiger partial charge < -0.3 is 19.3 Å². The molecule has 0 saturated carbocycles. The van der Waals surface area contributed by atoms with E-state index in [1.54, 1.807) is 0 Å². The first-order chi connectivity index (χ1) is 9.74. The molecule has 0 aromatic rings. The van der Waals surface area contributed by atoms with Crippen molar-refractivity contribution in [2.75, 3.05) is 6.61 Å². The Bertz CT molecular complexity index is 455. The van der Waals surface area contributed by atoms with E-state index in [2.05, 4.69) is 13.2 Å². The molecule has 1 aliphatic heterocycles. The minimum atomic E-state index is -1.20. The molecular formula is C15H22O6. The summed E-state index contributed by atoms with van der Waals surface area (Å²) >= 11 is 0. The van der Waals surface area contributed by atoms with Gasteiger partial charge in [-0.2, -0.15) is 0 Å². The summed E-state index contributed by atoms with van der Waals surface area (Å²) in [4.78, 5) is 23.0. The van der Waals surface area contributed by atoms with E-state index in [9.17, 15) is 14.7 Å². The van der Waals surface area contributed by atoms with E-state index in [0.717, 1.165) is 0 Å². The quantitative estimate of drug-likeness (QED) is 0.415. The molecule has 1 aliphatic rings. The highest BCUT2D eigenvalue weighted by Crippen LogP contribution is 2.43. The summed E-state index contributed by atoms with van der Waals surface area (Å²) in [5, 5.41) is 10.2. The van der Waals surface area contributed by atoms with Crippen molar-refractivity contribution in [1.82, 2.24) is 0 Å². The number of hydrogen-bond acceptors (Lipinski definition) is 6. The van der Waals surface area contributed by atoms with Gasteiger partial charge in [-0.05, 0) is 20.3 Å². The number of carbonyl (C=O) groups is 2. The molecule has 0 aliphatic carbocycles. The lowest BCUT2D eigenvalue weighted by Gasteiger charge is -2.19. The van der Waals surface area contributed by atoms with Gasteiger partial charge in [0.1, 0.15) is 6.61 Å². The van der Waals surface area contributed by atoms with Crippen molar-refractivity contribution in [3.8, 4) is 0 Å². The van der Waals surface area contributed by atoms with Gasteiger partial charge in [0.05, 0.1) is 6.10 Å². The third kappa shape index (κ3) is 4.15. The lowest BCUT2D eigenvalue weighted by Crippen LogP contribution is -2.39. The molecule has 6 heteroatoms. The number of ether oxygens (including phenoxy) is 3. The normalized spacial score (nSPS) is 24.9. The zero-order chi connectivity index (χ0) is 16.2. The van der Waals surface area contributed by atoms with Gasteiger partial charge >= 0.3 is 11.9 Å². The van der Waals surface area contributed by atoms with Gasteiger partial charge in [0.2, 0.25) is 6.29 Å². The van der Waals surface area contributed by atoms with Crippen molar-refractivity contribution < 1.29 is 28.9 Å². The van der Waals surface area contributed by atoms with Crippen LogP contribution in [0.15, 0.2) is 24.3 Å². The van der Waals surface area contributed by atoms with Gasteiger partial charge in [-0.25, -0.2) is 9.59 Å². The Kier molecular flexibility index (Phi) is 5.69. The monoisotopic (exact) mass is 298 g/mol. The second-order valence-electron chi connectivity index (χ2n) is 5.25. The van der Waals surface area contributed by atoms with Crippen LogP contribution in [0, 0.1) is 0 Å². The van der Waals surface area contributed by atoms with Crippen LogP contribution in [0.3, 0.4) is 0 Å². The van der Waals surface area contributed by atoms with Crippen molar-refractivity contribution in [2.24, 2.45) is 0 Å². The van der Waals surface area contributed by atoms with Gasteiger partial charge in [-0.3, -0.25) is 0 Å². The molecule has 1 N–H and O–H groups in total. The predicted molar refractivity (Wildman–Crippen MR) is 75.2 cm³/mol. The standard InChI is InChI=1S/C15H22O6/c1-6-7-11(16)15(8-19-12(17)9(2)3)14(21-15)20-13(18)10(4)5/h11,14,16H,2,4,6-8H2,1,3,5H3. The number of esters is 2. The first-order valence-corrected chi connectivity index (χ1v) is 6.79. The molecule has 0 amide bonds. The number of carbonyl (C=O) groups excluding carboxylic acids is 2. The van der Waals surface area contributed by atoms with Gasteiger partial charge in [0.25, 0.3) is 0 Å².